The standard InChI is InChI=1S/Mo.Na.H2O.2S/h;;1H2;;/q;+1;;;/p-1. The molecule has 0 saturated carbocycles. The Bertz CT molecular complexity index is 30.6. The maximum atomic E-state index is 4.34. The van der Waals surface area contributed by atoms with Gasteiger partial charge in [0.15, 0.2) is 0 Å². The van der Waals surface area contributed by atoms with E-state index >= 15 is 0 Å². The van der Waals surface area contributed by atoms with Crippen molar-refractivity contribution in [3.63, 3.8) is 0 Å². The first-order valence-electron chi connectivity index (χ1n) is 0.333. The molecule has 0 rings (SSSR count). The van der Waals surface area contributed by atoms with E-state index < -0.39 is 0 Å². The van der Waals surface area contributed by atoms with E-state index in [0.29, 0.717) is 0 Å². The molecule has 5 heavy (non-hydrogen) atoms. The normalized spacial score (nSPS) is 2.40. The summed E-state index contributed by atoms with van der Waals surface area (Å²) in [4.78, 5) is 0. The number of hydrogen-bond acceptors (Lipinski definition) is 3. The molecule has 0 aromatic rings. The van der Waals surface area contributed by atoms with Gasteiger partial charge in [0.05, 0.1) is 0 Å². The second kappa shape index (κ2) is 16.5. The van der Waals surface area contributed by atoms with Gasteiger partial charge >= 0.3 is 64.1 Å². The van der Waals surface area contributed by atoms with E-state index in [2.05, 4.69) is 19.6 Å². The monoisotopic (exact) mass is 202 g/mol. The van der Waals surface area contributed by atoms with Crippen LogP contribution in [0.4, 0.5) is 0 Å². The summed E-state index contributed by atoms with van der Waals surface area (Å²) in [5, 5.41) is 0. The number of rotatable bonds is 0. The summed E-state index contributed by atoms with van der Waals surface area (Å²) in [5.41, 5.74) is 0. The minimum absolute atomic E-state index is 0. The van der Waals surface area contributed by atoms with Crippen LogP contribution in [0.5, 0.6) is 0 Å². The summed E-state index contributed by atoms with van der Waals surface area (Å²) < 4.78 is 0. The van der Waals surface area contributed by atoms with E-state index in [4.69, 9.17) is 0 Å². The zero-order valence-corrected chi connectivity index (χ0v) is 8.31. The molecule has 0 aromatic heterocycles. The third-order valence-corrected chi connectivity index (χ3v) is 0. The Morgan fingerprint density at radius 1 is 1.20 bits per heavy atom. The second-order valence-electron chi connectivity index (χ2n) is 0.0680. The first kappa shape index (κ1) is 15.7. The molecule has 5 heteroatoms. The van der Waals surface area contributed by atoms with Crippen LogP contribution >= 0.6 is 19.6 Å². The third-order valence-electron chi connectivity index (χ3n) is 0. The van der Waals surface area contributed by atoms with Crippen molar-refractivity contribution < 1.29 is 50.0 Å². The average Bonchev–Trinajstić information content (AvgIpc) is 0.918. The fourth-order valence-corrected chi connectivity index (χ4v) is 0. The Hall–Kier alpha value is 2.09. The molecule has 0 saturated heterocycles. The van der Waals surface area contributed by atoms with Crippen LogP contribution in [0.1, 0.15) is 0 Å². The van der Waals surface area contributed by atoms with E-state index in [1.807, 2.05) is 0 Å². The van der Waals surface area contributed by atoms with E-state index in [1.165, 1.54) is 0 Å². The van der Waals surface area contributed by atoms with Crippen molar-refractivity contribution in [2.24, 2.45) is 0 Å². The van der Waals surface area contributed by atoms with Crippen LogP contribution in [0.2, 0.25) is 0 Å². The molecule has 0 aliphatic heterocycles. The van der Waals surface area contributed by atoms with Crippen molar-refractivity contribution in [1.29, 1.82) is 0 Å². The van der Waals surface area contributed by atoms with Gasteiger partial charge in [-0.2, -0.15) is 0 Å². The molecule has 0 aliphatic rings. The van der Waals surface area contributed by atoms with Gasteiger partial charge in [-0.15, -0.1) is 0 Å². The molecular formula is HMoNaOS2. The van der Waals surface area contributed by atoms with Crippen molar-refractivity contribution in [1.82, 2.24) is 0 Å². The van der Waals surface area contributed by atoms with Crippen molar-refractivity contribution >= 4 is 19.6 Å². The Morgan fingerprint density at radius 3 is 1.20 bits per heavy atom. The van der Waals surface area contributed by atoms with Gasteiger partial charge in [0.2, 0.25) is 0 Å². The van der Waals surface area contributed by atoms with Crippen LogP contribution in [-0.2, 0) is 14.9 Å². The molecule has 0 heterocycles. The van der Waals surface area contributed by atoms with E-state index in [1.54, 1.807) is 0 Å². The molecule has 0 fully saturated rings. The maximum absolute atomic E-state index is 4.34. The molecule has 0 bridgehead atoms. The van der Waals surface area contributed by atoms with Crippen molar-refractivity contribution in [2.75, 3.05) is 0 Å². The average molecular weight is 200 g/mol. The van der Waals surface area contributed by atoms with Gasteiger partial charge in [0, 0.05) is 0 Å². The summed E-state index contributed by atoms with van der Waals surface area (Å²) in [5.74, 6) is 0. The first-order valence-corrected chi connectivity index (χ1v) is 5.92. The molecule has 0 aliphatic carbocycles. The van der Waals surface area contributed by atoms with Gasteiger partial charge in [0.1, 0.15) is 0 Å². The zero-order valence-electron chi connectivity index (χ0n) is 2.67. The van der Waals surface area contributed by atoms with Gasteiger partial charge in [-0.25, -0.2) is 0 Å². The van der Waals surface area contributed by atoms with Crippen LogP contribution in [0.3, 0.4) is 0 Å². The molecule has 1 N–H and O–H groups in total. The topological polar surface area (TPSA) is 30.0 Å². The predicted octanol–water partition coefficient (Wildman–Crippen LogP) is -1.88. The molecule has 0 spiro atoms. The van der Waals surface area contributed by atoms with Crippen LogP contribution in [0.15, 0.2) is 0 Å². The predicted molar refractivity (Wildman–Crippen MR) is 17.1 cm³/mol. The van der Waals surface area contributed by atoms with Crippen LogP contribution < -0.4 is 29.6 Å². The second-order valence-corrected chi connectivity index (χ2v) is 3.62. The molecule has 26 valence electrons. The van der Waals surface area contributed by atoms with E-state index in [0.717, 1.165) is 0 Å². The van der Waals surface area contributed by atoms with Gasteiger partial charge < -0.3 is 5.48 Å². The fraction of sp³-hybridized carbons (Fsp3) is 0. The van der Waals surface area contributed by atoms with E-state index in [-0.39, 0.29) is 50.0 Å². The summed E-state index contributed by atoms with van der Waals surface area (Å²) in [6.45, 7) is 0. The van der Waals surface area contributed by atoms with Crippen LogP contribution in [0.25, 0.3) is 0 Å². The molecular weight excluding hydrogens is 199 g/mol. The number of hydrogen-bond donors (Lipinski definition) is 0. The summed E-state index contributed by atoms with van der Waals surface area (Å²) >= 11 is -0.363. The summed E-state index contributed by atoms with van der Waals surface area (Å²) in [6.07, 6.45) is 0. The fourth-order valence-electron chi connectivity index (χ4n) is 0. The zero-order chi connectivity index (χ0) is 2.71. The van der Waals surface area contributed by atoms with Gasteiger partial charge in [-0.05, 0) is 0 Å². The quantitative estimate of drug-likeness (QED) is 0.429. The molecule has 0 unspecified atom stereocenters. The van der Waals surface area contributed by atoms with Gasteiger partial charge in [0.25, 0.3) is 0 Å². The van der Waals surface area contributed by atoms with Gasteiger partial charge in [-0.3, -0.25) is 0 Å². The van der Waals surface area contributed by atoms with Gasteiger partial charge in [-0.1, -0.05) is 0 Å². The van der Waals surface area contributed by atoms with E-state index in [9.17, 15) is 0 Å². The SMILES string of the molecule is [Na+].[OH-].[S]=[Mo]=[S]. The Kier molecular flexibility index (Phi) is 52.0. The Balaban J connectivity index is -0.0000000200. The third kappa shape index (κ3) is 23.3. The molecule has 0 amide bonds. The molecule has 0 aromatic carbocycles. The summed E-state index contributed by atoms with van der Waals surface area (Å²) in [6, 6.07) is 0. The molecule has 0 radical (unpaired) electrons. The molecule has 1 nitrogen and oxygen atoms in total. The molecule has 0 atom stereocenters. The Morgan fingerprint density at radius 2 is 1.20 bits per heavy atom. The minimum atomic E-state index is -0.363. The van der Waals surface area contributed by atoms with Crippen molar-refractivity contribution in [3.05, 3.63) is 0 Å². The van der Waals surface area contributed by atoms with Crippen LogP contribution in [-0.4, -0.2) is 5.48 Å². The van der Waals surface area contributed by atoms with Crippen molar-refractivity contribution in [2.45, 2.75) is 0 Å². The first-order chi connectivity index (χ1) is 1.41. The van der Waals surface area contributed by atoms with Crippen molar-refractivity contribution in [3.8, 4) is 0 Å². The summed E-state index contributed by atoms with van der Waals surface area (Å²) in [7, 11) is 8.68. The Labute approximate surface area is 68.5 Å². The van der Waals surface area contributed by atoms with Crippen LogP contribution in [0, 0.1) is 0 Å².